The molecule has 2 aromatic carbocycles. The van der Waals surface area contributed by atoms with Crippen LogP contribution in [0.15, 0.2) is 30.3 Å². The Morgan fingerprint density at radius 1 is 1.00 bits per heavy atom. The molecule has 11 heteroatoms. The fourth-order valence-corrected chi connectivity index (χ4v) is 3.13. The zero-order valence-electron chi connectivity index (χ0n) is 16.2. The zero-order chi connectivity index (χ0) is 22.9. The molecule has 0 aliphatic carbocycles. The van der Waals surface area contributed by atoms with Crippen molar-refractivity contribution in [3.63, 3.8) is 0 Å². The molecule has 0 amide bonds. The number of aliphatic hydroxyl groups is 3. The molecule has 0 aromatic heterocycles. The van der Waals surface area contributed by atoms with Gasteiger partial charge in [0, 0.05) is 6.07 Å². The van der Waals surface area contributed by atoms with Crippen LogP contribution in [-0.4, -0.2) is 79.0 Å². The molecule has 5 atom stereocenters. The number of phenolic OH excluding ortho intramolecular Hbond substituents is 4. The van der Waals surface area contributed by atoms with E-state index in [0.29, 0.717) is 5.56 Å². The lowest BCUT2D eigenvalue weighted by atomic mass is 9.98. The van der Waals surface area contributed by atoms with Crippen LogP contribution >= 0.6 is 0 Å². The van der Waals surface area contributed by atoms with Crippen LogP contribution in [-0.2, 0) is 9.47 Å². The van der Waals surface area contributed by atoms with Gasteiger partial charge in [0.2, 0.25) is 6.29 Å². The summed E-state index contributed by atoms with van der Waals surface area (Å²) in [5.74, 6) is -3.54. The maximum Gasteiger partial charge on any atom is 0.338 e. The summed E-state index contributed by atoms with van der Waals surface area (Å²) < 4.78 is 16.0. The van der Waals surface area contributed by atoms with E-state index >= 15 is 0 Å². The third-order valence-corrected chi connectivity index (χ3v) is 4.66. The Labute approximate surface area is 175 Å². The Bertz CT molecular complexity index is 917. The summed E-state index contributed by atoms with van der Waals surface area (Å²) >= 11 is 0. The first kappa shape index (κ1) is 22.4. The van der Waals surface area contributed by atoms with Gasteiger partial charge in [-0.1, -0.05) is 0 Å². The van der Waals surface area contributed by atoms with E-state index in [1.165, 1.54) is 18.2 Å². The molecule has 1 aliphatic rings. The molecule has 3 rings (SSSR count). The van der Waals surface area contributed by atoms with Gasteiger partial charge in [-0.25, -0.2) is 4.79 Å². The summed E-state index contributed by atoms with van der Waals surface area (Å²) in [5, 5.41) is 68.7. The third kappa shape index (κ3) is 4.75. The van der Waals surface area contributed by atoms with Crippen molar-refractivity contribution >= 4 is 5.97 Å². The van der Waals surface area contributed by atoms with E-state index in [2.05, 4.69) is 0 Å². The van der Waals surface area contributed by atoms with Crippen molar-refractivity contribution in [3.8, 4) is 28.7 Å². The highest BCUT2D eigenvalue weighted by Crippen LogP contribution is 2.36. The maximum atomic E-state index is 12.4. The number of hydrogen-bond acceptors (Lipinski definition) is 11. The molecule has 0 unspecified atom stereocenters. The summed E-state index contributed by atoms with van der Waals surface area (Å²) in [6, 6.07) is 5.91. The van der Waals surface area contributed by atoms with E-state index in [-0.39, 0.29) is 17.1 Å². The average Bonchev–Trinajstić information content (AvgIpc) is 2.70. The van der Waals surface area contributed by atoms with Crippen molar-refractivity contribution < 1.29 is 54.8 Å². The first-order chi connectivity index (χ1) is 14.6. The lowest BCUT2D eigenvalue weighted by Gasteiger charge is -2.41. The fraction of sp³-hybridized carbons (Fsp3) is 0.350. The van der Waals surface area contributed by atoms with E-state index in [1.54, 1.807) is 6.92 Å². The molecular weight excluding hydrogens is 416 g/mol. The highest BCUT2D eigenvalue weighted by atomic mass is 16.7. The first-order valence-electron chi connectivity index (χ1n) is 9.16. The molecule has 11 nitrogen and oxygen atoms in total. The maximum absolute atomic E-state index is 12.4. The summed E-state index contributed by atoms with van der Waals surface area (Å²) in [7, 11) is 0. The first-order valence-corrected chi connectivity index (χ1v) is 9.16. The van der Waals surface area contributed by atoms with E-state index in [0.717, 1.165) is 12.1 Å². The highest BCUT2D eigenvalue weighted by molar-refractivity contribution is 5.91. The van der Waals surface area contributed by atoms with Crippen LogP contribution in [0.3, 0.4) is 0 Å². The van der Waals surface area contributed by atoms with Crippen molar-refractivity contribution in [2.75, 3.05) is 6.61 Å². The Hall–Kier alpha value is -3.25. The average molecular weight is 438 g/mol. The molecular formula is C20H22O11. The lowest BCUT2D eigenvalue weighted by Crippen LogP contribution is -2.61. The van der Waals surface area contributed by atoms with Crippen molar-refractivity contribution in [1.29, 1.82) is 0 Å². The fourth-order valence-electron chi connectivity index (χ4n) is 3.13. The van der Waals surface area contributed by atoms with E-state index in [9.17, 15) is 40.5 Å². The number of phenols is 4. The highest BCUT2D eigenvalue weighted by Gasteiger charge is 2.48. The third-order valence-electron chi connectivity index (χ3n) is 4.66. The van der Waals surface area contributed by atoms with Crippen LogP contribution in [0.25, 0.3) is 0 Å². The molecule has 168 valence electrons. The van der Waals surface area contributed by atoms with Crippen LogP contribution in [0.1, 0.15) is 15.9 Å². The quantitative estimate of drug-likeness (QED) is 0.243. The predicted octanol–water partition coefficient (Wildman–Crippen LogP) is -0.139. The van der Waals surface area contributed by atoms with Crippen LogP contribution in [0, 0.1) is 6.92 Å². The second-order valence-electron chi connectivity index (χ2n) is 7.06. The van der Waals surface area contributed by atoms with Crippen LogP contribution < -0.4 is 4.74 Å². The monoisotopic (exact) mass is 438 g/mol. The Morgan fingerprint density at radius 2 is 1.65 bits per heavy atom. The van der Waals surface area contributed by atoms with Gasteiger partial charge in [0.1, 0.15) is 23.7 Å². The smallest absolute Gasteiger partial charge is 0.338 e. The minimum Gasteiger partial charge on any atom is -0.508 e. The second-order valence-corrected chi connectivity index (χ2v) is 7.06. The number of ether oxygens (including phenoxy) is 3. The standard InChI is InChI=1S/C20H22O11/c1-8-2-10(22)6-11(3-8)29-20-17(27)18(16(26)14(7-21)30-20)31-19(28)9-4-12(23)15(25)13(24)5-9/h2-6,14,16-18,20-27H,7H2,1H3/t14-,16-,17-,18+,20-/m1/s1. The van der Waals surface area contributed by atoms with Gasteiger partial charge in [-0.2, -0.15) is 0 Å². The molecule has 0 bridgehead atoms. The van der Waals surface area contributed by atoms with Crippen molar-refractivity contribution in [2.24, 2.45) is 0 Å². The molecule has 1 saturated heterocycles. The zero-order valence-corrected chi connectivity index (χ0v) is 16.2. The minimum atomic E-state index is -1.72. The number of carbonyl (C=O) groups excluding carboxylic acids is 1. The number of hydrogen-bond donors (Lipinski definition) is 7. The molecule has 0 saturated carbocycles. The van der Waals surface area contributed by atoms with E-state index in [4.69, 9.17) is 14.2 Å². The number of esters is 1. The molecule has 1 heterocycles. The van der Waals surface area contributed by atoms with Crippen LogP contribution in [0.2, 0.25) is 0 Å². The van der Waals surface area contributed by atoms with Crippen LogP contribution in [0.4, 0.5) is 0 Å². The van der Waals surface area contributed by atoms with E-state index < -0.39 is 60.5 Å². The normalized spacial score (nSPS) is 25.7. The lowest BCUT2D eigenvalue weighted by molar-refractivity contribution is -0.276. The summed E-state index contributed by atoms with van der Waals surface area (Å²) in [6.45, 7) is 1.000. The van der Waals surface area contributed by atoms with Crippen molar-refractivity contribution in [3.05, 3.63) is 41.5 Å². The van der Waals surface area contributed by atoms with Gasteiger partial charge >= 0.3 is 5.97 Å². The van der Waals surface area contributed by atoms with Crippen LogP contribution in [0.5, 0.6) is 28.7 Å². The molecule has 0 spiro atoms. The molecule has 2 aromatic rings. The van der Waals surface area contributed by atoms with Gasteiger partial charge in [-0.3, -0.25) is 0 Å². The van der Waals surface area contributed by atoms with E-state index in [1.807, 2.05) is 0 Å². The van der Waals surface area contributed by atoms with Gasteiger partial charge in [0.25, 0.3) is 0 Å². The van der Waals surface area contributed by atoms with Crippen molar-refractivity contribution in [1.82, 2.24) is 0 Å². The number of aryl methyl sites for hydroxylation is 1. The second kappa shape index (κ2) is 8.86. The number of aromatic hydroxyl groups is 4. The topological polar surface area (TPSA) is 186 Å². The largest absolute Gasteiger partial charge is 0.508 e. The van der Waals surface area contributed by atoms with Gasteiger partial charge in [-0.15, -0.1) is 0 Å². The molecule has 1 fully saturated rings. The molecule has 7 N–H and O–H groups in total. The van der Waals surface area contributed by atoms with Gasteiger partial charge < -0.3 is 50.0 Å². The number of aliphatic hydroxyl groups excluding tert-OH is 3. The number of rotatable bonds is 5. The van der Waals surface area contributed by atoms with Gasteiger partial charge in [0.15, 0.2) is 29.5 Å². The Morgan fingerprint density at radius 3 is 2.23 bits per heavy atom. The number of carbonyl (C=O) groups is 1. The SMILES string of the molecule is Cc1cc(O)cc(O[C@@H]2O[C@H](CO)[C@@H](O)[C@H](OC(=O)c3cc(O)c(O)c(O)c3)[C@H]2O)c1. The number of benzene rings is 2. The summed E-state index contributed by atoms with van der Waals surface area (Å²) in [5.41, 5.74) is 0.272. The van der Waals surface area contributed by atoms with Crippen molar-refractivity contribution in [2.45, 2.75) is 37.6 Å². The van der Waals surface area contributed by atoms with Gasteiger partial charge in [0.05, 0.1) is 12.2 Å². The minimum absolute atomic E-state index is 0.103. The van der Waals surface area contributed by atoms with Gasteiger partial charge in [-0.05, 0) is 36.8 Å². The predicted molar refractivity (Wildman–Crippen MR) is 102 cm³/mol. The molecule has 0 radical (unpaired) electrons. The molecule has 1 aliphatic heterocycles. The summed E-state index contributed by atoms with van der Waals surface area (Å²) in [6.07, 6.45) is -7.76. The molecule has 31 heavy (non-hydrogen) atoms. The summed E-state index contributed by atoms with van der Waals surface area (Å²) in [4.78, 5) is 12.4. The Kier molecular flexibility index (Phi) is 6.41. The Balaban J connectivity index is 1.83.